The largest absolute Gasteiger partial charge is 0.496 e. The second kappa shape index (κ2) is 5.52. The highest BCUT2D eigenvalue weighted by atomic mass is 35.5. The lowest BCUT2D eigenvalue weighted by atomic mass is 10.1. The van der Waals surface area contributed by atoms with Crippen LogP contribution in [0.15, 0.2) is 35.7 Å². The minimum atomic E-state index is -0.262. The molecule has 2 rings (SSSR count). The molecule has 1 nitrogen and oxygen atoms in total. The molecular weight excluding hydrogens is 259 g/mol. The van der Waals surface area contributed by atoms with Crippen LogP contribution in [-0.2, 0) is 6.42 Å². The molecule has 1 heterocycles. The quantitative estimate of drug-likeness (QED) is 0.748. The average molecular weight is 271 g/mol. The van der Waals surface area contributed by atoms with E-state index in [0.29, 0.717) is 12.0 Å². The molecule has 1 aromatic carbocycles. The Morgan fingerprint density at radius 1 is 1.35 bits per heavy atom. The minimum absolute atomic E-state index is 0.214. The predicted molar refractivity (Wildman–Crippen MR) is 69.6 cm³/mol. The van der Waals surface area contributed by atoms with Crippen LogP contribution in [0.4, 0.5) is 4.39 Å². The van der Waals surface area contributed by atoms with Crippen molar-refractivity contribution >= 4 is 22.9 Å². The zero-order valence-electron chi connectivity index (χ0n) is 9.32. The van der Waals surface area contributed by atoms with E-state index in [1.165, 1.54) is 17.4 Å². The van der Waals surface area contributed by atoms with E-state index >= 15 is 0 Å². The lowest BCUT2D eigenvalue weighted by Gasteiger charge is -2.10. The summed E-state index contributed by atoms with van der Waals surface area (Å²) >= 11 is 7.83. The van der Waals surface area contributed by atoms with Crippen LogP contribution in [0.5, 0.6) is 5.75 Å². The Balaban J connectivity index is 2.17. The van der Waals surface area contributed by atoms with E-state index in [4.69, 9.17) is 16.3 Å². The van der Waals surface area contributed by atoms with E-state index in [2.05, 4.69) is 0 Å². The SMILES string of the molecule is COc1ccsc1C(Cl)Cc1ccccc1F. The molecule has 1 aromatic heterocycles. The fourth-order valence-corrected chi connectivity index (χ4v) is 2.92. The van der Waals surface area contributed by atoms with Crippen molar-refractivity contribution in [2.75, 3.05) is 7.11 Å². The summed E-state index contributed by atoms with van der Waals surface area (Å²) in [5, 5.41) is 1.66. The smallest absolute Gasteiger partial charge is 0.134 e. The third-order valence-electron chi connectivity index (χ3n) is 2.52. The van der Waals surface area contributed by atoms with E-state index in [1.54, 1.807) is 19.2 Å². The summed E-state index contributed by atoms with van der Waals surface area (Å²) in [7, 11) is 1.61. The maximum Gasteiger partial charge on any atom is 0.134 e. The standard InChI is InChI=1S/C13H12ClFOS/c1-16-12-6-7-17-13(12)10(14)8-9-4-2-3-5-11(9)15/h2-7,10H,8H2,1H3. The minimum Gasteiger partial charge on any atom is -0.496 e. The van der Waals surface area contributed by atoms with Gasteiger partial charge in [-0.1, -0.05) is 18.2 Å². The Morgan fingerprint density at radius 3 is 2.82 bits per heavy atom. The Kier molecular flexibility index (Phi) is 4.02. The van der Waals surface area contributed by atoms with Gasteiger partial charge in [0.1, 0.15) is 11.6 Å². The Bertz CT molecular complexity index is 498. The summed E-state index contributed by atoms with van der Waals surface area (Å²) in [4.78, 5) is 0.942. The fraction of sp³-hybridized carbons (Fsp3) is 0.231. The van der Waals surface area contributed by atoms with Crippen LogP contribution in [0.3, 0.4) is 0 Å². The number of thiophene rings is 1. The highest BCUT2D eigenvalue weighted by molar-refractivity contribution is 7.10. The van der Waals surface area contributed by atoms with E-state index in [1.807, 2.05) is 17.5 Å². The van der Waals surface area contributed by atoms with Gasteiger partial charge in [0, 0.05) is 0 Å². The number of halogens is 2. The second-order valence-corrected chi connectivity index (χ2v) is 5.09. The number of hydrogen-bond donors (Lipinski definition) is 0. The van der Waals surface area contributed by atoms with Crippen LogP contribution < -0.4 is 4.74 Å². The van der Waals surface area contributed by atoms with Gasteiger partial charge in [-0.15, -0.1) is 22.9 Å². The fourth-order valence-electron chi connectivity index (χ4n) is 1.66. The molecule has 1 unspecified atom stereocenters. The van der Waals surface area contributed by atoms with Crippen molar-refractivity contribution in [1.29, 1.82) is 0 Å². The molecule has 90 valence electrons. The monoisotopic (exact) mass is 270 g/mol. The predicted octanol–water partition coefficient (Wildman–Crippen LogP) is 4.42. The molecule has 0 saturated carbocycles. The van der Waals surface area contributed by atoms with Gasteiger partial charge in [0.15, 0.2) is 0 Å². The normalized spacial score (nSPS) is 12.4. The molecular formula is C13H12ClFOS. The molecule has 0 saturated heterocycles. The number of benzene rings is 1. The van der Waals surface area contributed by atoms with E-state index in [0.717, 1.165) is 10.6 Å². The molecule has 1 atom stereocenters. The molecule has 2 aromatic rings. The van der Waals surface area contributed by atoms with Gasteiger partial charge in [-0.05, 0) is 29.5 Å². The summed E-state index contributed by atoms with van der Waals surface area (Å²) in [6, 6.07) is 8.56. The first kappa shape index (κ1) is 12.4. The molecule has 4 heteroatoms. The Morgan fingerprint density at radius 2 is 2.12 bits per heavy atom. The van der Waals surface area contributed by atoms with Gasteiger partial charge in [-0.2, -0.15) is 0 Å². The van der Waals surface area contributed by atoms with Gasteiger partial charge in [0.05, 0.1) is 17.4 Å². The van der Waals surface area contributed by atoms with Crippen molar-refractivity contribution in [2.45, 2.75) is 11.8 Å². The average Bonchev–Trinajstić information content (AvgIpc) is 2.80. The Hall–Kier alpha value is -1.06. The first-order valence-corrected chi connectivity index (χ1v) is 6.53. The van der Waals surface area contributed by atoms with E-state index < -0.39 is 0 Å². The van der Waals surface area contributed by atoms with Crippen LogP contribution in [-0.4, -0.2) is 7.11 Å². The summed E-state index contributed by atoms with van der Waals surface area (Å²) in [6.45, 7) is 0. The maximum atomic E-state index is 13.5. The summed E-state index contributed by atoms with van der Waals surface area (Å²) in [5.74, 6) is 0.556. The van der Waals surface area contributed by atoms with Gasteiger partial charge in [0.2, 0.25) is 0 Å². The zero-order valence-corrected chi connectivity index (χ0v) is 10.9. The van der Waals surface area contributed by atoms with Crippen molar-refractivity contribution in [3.63, 3.8) is 0 Å². The maximum absolute atomic E-state index is 13.5. The lowest BCUT2D eigenvalue weighted by Crippen LogP contribution is -1.98. The highest BCUT2D eigenvalue weighted by Gasteiger charge is 2.17. The van der Waals surface area contributed by atoms with Crippen LogP contribution in [0.1, 0.15) is 15.8 Å². The number of methoxy groups -OCH3 is 1. The lowest BCUT2D eigenvalue weighted by molar-refractivity contribution is 0.411. The van der Waals surface area contributed by atoms with Gasteiger partial charge in [-0.25, -0.2) is 4.39 Å². The van der Waals surface area contributed by atoms with Gasteiger partial charge < -0.3 is 4.74 Å². The molecule has 0 bridgehead atoms. The topological polar surface area (TPSA) is 9.23 Å². The first-order valence-electron chi connectivity index (χ1n) is 5.21. The number of rotatable bonds is 4. The number of ether oxygens (including phenoxy) is 1. The summed E-state index contributed by atoms with van der Waals surface area (Å²) in [6.07, 6.45) is 0.463. The summed E-state index contributed by atoms with van der Waals surface area (Å²) in [5.41, 5.74) is 0.628. The van der Waals surface area contributed by atoms with Crippen molar-refractivity contribution in [2.24, 2.45) is 0 Å². The highest BCUT2D eigenvalue weighted by Crippen LogP contribution is 2.36. The van der Waals surface area contributed by atoms with Gasteiger partial charge in [-0.3, -0.25) is 0 Å². The third-order valence-corrected chi connectivity index (χ3v) is 4.03. The van der Waals surface area contributed by atoms with E-state index in [9.17, 15) is 4.39 Å². The molecule has 0 aliphatic carbocycles. The zero-order chi connectivity index (χ0) is 12.3. The van der Waals surface area contributed by atoms with Crippen LogP contribution >= 0.6 is 22.9 Å². The van der Waals surface area contributed by atoms with Crippen molar-refractivity contribution < 1.29 is 9.13 Å². The third kappa shape index (κ3) is 2.79. The van der Waals surface area contributed by atoms with Crippen molar-refractivity contribution in [3.8, 4) is 5.75 Å². The van der Waals surface area contributed by atoms with Crippen LogP contribution in [0, 0.1) is 5.82 Å². The van der Waals surface area contributed by atoms with Gasteiger partial charge in [0.25, 0.3) is 0 Å². The van der Waals surface area contributed by atoms with Crippen LogP contribution in [0.2, 0.25) is 0 Å². The second-order valence-electron chi connectivity index (χ2n) is 3.62. The number of alkyl halides is 1. The first-order chi connectivity index (χ1) is 8.22. The number of hydrogen-bond acceptors (Lipinski definition) is 2. The van der Waals surface area contributed by atoms with Gasteiger partial charge >= 0.3 is 0 Å². The van der Waals surface area contributed by atoms with Crippen molar-refractivity contribution in [1.82, 2.24) is 0 Å². The molecule has 17 heavy (non-hydrogen) atoms. The molecule has 0 N–H and O–H groups in total. The summed E-state index contributed by atoms with van der Waals surface area (Å²) < 4.78 is 18.7. The van der Waals surface area contributed by atoms with Crippen LogP contribution in [0.25, 0.3) is 0 Å². The molecule has 0 radical (unpaired) electrons. The van der Waals surface area contributed by atoms with Crippen molar-refractivity contribution in [3.05, 3.63) is 52.0 Å². The van der Waals surface area contributed by atoms with E-state index in [-0.39, 0.29) is 11.2 Å². The molecule has 0 aliphatic heterocycles. The Labute approximate surface area is 109 Å². The molecule has 0 amide bonds. The molecule has 0 spiro atoms. The molecule has 0 fully saturated rings. The molecule has 0 aliphatic rings.